The molecule has 1 aliphatic rings. The first-order chi connectivity index (χ1) is 11.5. The van der Waals surface area contributed by atoms with Gasteiger partial charge in [-0.15, -0.1) is 12.4 Å². The minimum atomic E-state index is -0.587. The Morgan fingerprint density at radius 3 is 2.60 bits per heavy atom. The summed E-state index contributed by atoms with van der Waals surface area (Å²) in [6.07, 6.45) is 1.23. The molecule has 1 aliphatic heterocycles. The Bertz CT molecular complexity index is 589. The number of nitrogens with two attached hydrogens (primary N) is 1. The Hall–Kier alpha value is -1.83. The van der Waals surface area contributed by atoms with Crippen molar-refractivity contribution in [2.75, 3.05) is 45.8 Å². The third-order valence-corrected chi connectivity index (χ3v) is 4.28. The molecule has 0 aromatic heterocycles. The predicted molar refractivity (Wildman–Crippen MR) is 98.0 cm³/mol. The number of hydrogen-bond acceptors (Lipinski definition) is 5. The van der Waals surface area contributed by atoms with Gasteiger partial charge >= 0.3 is 0 Å². The minimum absolute atomic E-state index is 0. The fourth-order valence-corrected chi connectivity index (χ4v) is 2.49. The van der Waals surface area contributed by atoms with E-state index in [-0.39, 0.29) is 37.4 Å². The summed E-state index contributed by atoms with van der Waals surface area (Å²) in [5.74, 6) is 0.292. The molecule has 0 radical (unpaired) electrons. The van der Waals surface area contributed by atoms with Crippen LogP contribution in [0.3, 0.4) is 0 Å². The molecule has 0 unspecified atom stereocenters. The number of hydrogen-bond donors (Lipinski definition) is 2. The first-order valence-corrected chi connectivity index (χ1v) is 7.99. The zero-order valence-corrected chi connectivity index (χ0v) is 15.4. The number of nitrogens with zero attached hydrogens (tertiary/aromatic N) is 1. The van der Waals surface area contributed by atoms with Crippen LogP contribution in [0.4, 0.5) is 5.69 Å². The number of carbonyl (C=O) groups excluding carboxylic acids is 2. The Morgan fingerprint density at radius 1 is 1.32 bits per heavy atom. The monoisotopic (exact) mass is 371 g/mol. The average molecular weight is 372 g/mol. The quantitative estimate of drug-likeness (QED) is 0.785. The molecule has 2 rings (SSSR count). The van der Waals surface area contributed by atoms with Gasteiger partial charge in [0.15, 0.2) is 6.61 Å². The highest BCUT2D eigenvalue weighted by atomic mass is 35.5. The molecule has 1 heterocycles. The molecule has 1 fully saturated rings. The van der Waals surface area contributed by atoms with Crippen LogP contribution in [-0.2, 0) is 14.3 Å². The summed E-state index contributed by atoms with van der Waals surface area (Å²) in [6.45, 7) is 1.32. The Kier molecular flexibility index (Phi) is 8.15. The molecule has 0 bridgehead atoms. The van der Waals surface area contributed by atoms with Crippen molar-refractivity contribution in [3.63, 3.8) is 0 Å². The number of benzene rings is 1. The van der Waals surface area contributed by atoms with Crippen molar-refractivity contribution in [1.82, 2.24) is 4.90 Å². The summed E-state index contributed by atoms with van der Waals surface area (Å²) in [5.41, 5.74) is 5.88. The highest BCUT2D eigenvalue weighted by molar-refractivity contribution is 5.95. The molecule has 1 saturated heterocycles. The Morgan fingerprint density at radius 2 is 2.00 bits per heavy atom. The normalized spacial score (nSPS) is 15.6. The number of ether oxygens (including phenoxy) is 2. The number of carbonyl (C=O) groups is 2. The minimum Gasteiger partial charge on any atom is -0.484 e. The molecule has 0 spiro atoms. The SMILES string of the molecule is CN(C)C(=O)COc1cccc(NC(=O)C2(CN)CCOCC2)c1.Cl. The third kappa shape index (κ3) is 5.59. The Labute approximate surface area is 154 Å². The van der Waals surface area contributed by atoms with Crippen molar-refractivity contribution in [2.24, 2.45) is 11.1 Å². The summed E-state index contributed by atoms with van der Waals surface area (Å²) < 4.78 is 10.8. The zero-order chi connectivity index (χ0) is 17.6. The van der Waals surface area contributed by atoms with E-state index in [1.165, 1.54) is 4.90 Å². The molecule has 8 heteroatoms. The predicted octanol–water partition coefficient (Wildman–Crippen LogP) is 1.27. The number of likely N-dealkylation sites (N-methyl/N-ethyl adjacent to an activating group) is 1. The van der Waals surface area contributed by atoms with Crippen molar-refractivity contribution < 1.29 is 19.1 Å². The third-order valence-electron chi connectivity index (χ3n) is 4.28. The van der Waals surface area contributed by atoms with Gasteiger partial charge in [0.2, 0.25) is 5.91 Å². The second-order valence-corrected chi connectivity index (χ2v) is 6.16. The van der Waals surface area contributed by atoms with Crippen LogP contribution >= 0.6 is 12.4 Å². The first-order valence-electron chi connectivity index (χ1n) is 7.99. The average Bonchev–Trinajstić information content (AvgIpc) is 2.60. The van der Waals surface area contributed by atoms with E-state index in [4.69, 9.17) is 15.2 Å². The molecule has 140 valence electrons. The molecule has 1 aromatic rings. The molecular formula is C17H26ClN3O4. The smallest absolute Gasteiger partial charge is 0.259 e. The van der Waals surface area contributed by atoms with Crippen LogP contribution in [-0.4, -0.2) is 57.2 Å². The Balaban J connectivity index is 0.00000312. The number of halogens is 1. The summed E-state index contributed by atoms with van der Waals surface area (Å²) >= 11 is 0. The van der Waals surface area contributed by atoms with Gasteiger partial charge in [0.05, 0.1) is 5.41 Å². The maximum Gasteiger partial charge on any atom is 0.259 e. The van der Waals surface area contributed by atoms with E-state index < -0.39 is 5.41 Å². The lowest BCUT2D eigenvalue weighted by atomic mass is 9.79. The highest BCUT2D eigenvalue weighted by Gasteiger charge is 2.38. The molecular weight excluding hydrogens is 346 g/mol. The molecule has 7 nitrogen and oxygen atoms in total. The maximum absolute atomic E-state index is 12.6. The molecule has 1 aromatic carbocycles. The second kappa shape index (κ2) is 9.60. The van der Waals surface area contributed by atoms with Gasteiger partial charge in [-0.2, -0.15) is 0 Å². The molecule has 0 atom stereocenters. The van der Waals surface area contributed by atoms with Crippen molar-refractivity contribution in [3.8, 4) is 5.75 Å². The molecule has 3 N–H and O–H groups in total. The van der Waals surface area contributed by atoms with Gasteiger partial charge < -0.3 is 25.4 Å². The lowest BCUT2D eigenvalue weighted by Crippen LogP contribution is -2.46. The van der Waals surface area contributed by atoms with Crippen LogP contribution in [0.15, 0.2) is 24.3 Å². The largest absolute Gasteiger partial charge is 0.484 e. The molecule has 2 amide bonds. The maximum atomic E-state index is 12.6. The van der Waals surface area contributed by atoms with Crippen molar-refractivity contribution in [3.05, 3.63) is 24.3 Å². The van der Waals surface area contributed by atoms with Crippen LogP contribution in [0.1, 0.15) is 12.8 Å². The van der Waals surface area contributed by atoms with Gasteiger partial charge in [-0.3, -0.25) is 9.59 Å². The van der Waals surface area contributed by atoms with Crippen LogP contribution in [0, 0.1) is 5.41 Å². The first kappa shape index (κ1) is 21.2. The second-order valence-electron chi connectivity index (χ2n) is 6.16. The van der Waals surface area contributed by atoms with E-state index in [0.717, 1.165) is 0 Å². The van der Waals surface area contributed by atoms with Gasteiger partial charge in [-0.25, -0.2) is 0 Å². The van der Waals surface area contributed by atoms with E-state index >= 15 is 0 Å². The van der Waals surface area contributed by atoms with Crippen LogP contribution in [0.2, 0.25) is 0 Å². The van der Waals surface area contributed by atoms with Crippen LogP contribution < -0.4 is 15.8 Å². The standard InChI is InChI=1S/C17H25N3O4.ClH/c1-20(2)15(21)11-24-14-5-3-4-13(10-14)19-16(22)17(12-18)6-8-23-9-7-17;/h3-5,10H,6-9,11-12,18H2,1-2H3,(H,19,22);1H. The van der Waals surface area contributed by atoms with E-state index in [2.05, 4.69) is 5.32 Å². The molecule has 0 saturated carbocycles. The summed E-state index contributed by atoms with van der Waals surface area (Å²) in [5, 5.41) is 2.90. The van der Waals surface area contributed by atoms with Gasteiger partial charge in [-0.05, 0) is 25.0 Å². The number of rotatable bonds is 6. The zero-order valence-electron chi connectivity index (χ0n) is 14.6. The fraction of sp³-hybridized carbons (Fsp3) is 0.529. The van der Waals surface area contributed by atoms with Crippen LogP contribution in [0.5, 0.6) is 5.75 Å². The van der Waals surface area contributed by atoms with E-state index in [1.807, 2.05) is 0 Å². The van der Waals surface area contributed by atoms with Crippen LogP contribution in [0.25, 0.3) is 0 Å². The summed E-state index contributed by atoms with van der Waals surface area (Å²) in [4.78, 5) is 25.7. The molecule has 25 heavy (non-hydrogen) atoms. The fourth-order valence-electron chi connectivity index (χ4n) is 2.49. The van der Waals surface area contributed by atoms with E-state index in [1.54, 1.807) is 38.4 Å². The number of anilines is 1. The topological polar surface area (TPSA) is 93.9 Å². The summed E-state index contributed by atoms with van der Waals surface area (Å²) in [6, 6.07) is 6.99. The lowest BCUT2D eigenvalue weighted by Gasteiger charge is -2.34. The summed E-state index contributed by atoms with van der Waals surface area (Å²) in [7, 11) is 3.34. The molecule has 0 aliphatic carbocycles. The van der Waals surface area contributed by atoms with E-state index in [0.29, 0.717) is 37.5 Å². The van der Waals surface area contributed by atoms with Gasteiger partial charge in [-0.1, -0.05) is 6.07 Å². The van der Waals surface area contributed by atoms with E-state index in [9.17, 15) is 9.59 Å². The lowest BCUT2D eigenvalue weighted by molar-refractivity contribution is -0.131. The van der Waals surface area contributed by atoms with Gasteiger partial charge in [0.25, 0.3) is 5.91 Å². The number of amides is 2. The van der Waals surface area contributed by atoms with Gasteiger partial charge in [0.1, 0.15) is 5.75 Å². The number of nitrogens with one attached hydrogen (secondary N) is 1. The van der Waals surface area contributed by atoms with Crippen molar-refractivity contribution in [2.45, 2.75) is 12.8 Å². The highest BCUT2D eigenvalue weighted by Crippen LogP contribution is 2.31. The van der Waals surface area contributed by atoms with Crippen molar-refractivity contribution in [1.29, 1.82) is 0 Å². The van der Waals surface area contributed by atoms with Gasteiger partial charge in [0, 0.05) is 45.6 Å². The van der Waals surface area contributed by atoms with Crippen molar-refractivity contribution >= 4 is 29.9 Å².